The van der Waals surface area contributed by atoms with Crippen LogP contribution in [0.1, 0.15) is 26.7 Å². The molecule has 26 heavy (non-hydrogen) atoms. The number of aryl methyl sites for hydroxylation is 1. The Bertz CT molecular complexity index is 953. The van der Waals surface area contributed by atoms with E-state index in [0.29, 0.717) is 16.9 Å². The summed E-state index contributed by atoms with van der Waals surface area (Å²) < 4.78 is 16.6. The lowest BCUT2D eigenvalue weighted by Crippen LogP contribution is -2.20. The van der Waals surface area contributed by atoms with Crippen LogP contribution in [0.5, 0.6) is 0 Å². The van der Waals surface area contributed by atoms with Crippen molar-refractivity contribution < 1.29 is 9.18 Å². The van der Waals surface area contributed by atoms with Gasteiger partial charge in [-0.2, -0.15) is 5.10 Å². The molecule has 3 aromatic rings. The molecule has 2 heterocycles. The molecule has 0 saturated carbocycles. The Morgan fingerprint density at radius 2 is 2.12 bits per heavy atom. The third kappa shape index (κ3) is 3.44. The van der Waals surface area contributed by atoms with Crippen LogP contribution >= 0.6 is 27.3 Å². The van der Waals surface area contributed by atoms with Crippen molar-refractivity contribution in [3.63, 3.8) is 0 Å². The minimum Gasteiger partial charge on any atom is -0.365 e. The number of amides is 1. The smallest absolute Gasteiger partial charge is 0.259 e. The molecule has 0 bridgehead atoms. The highest BCUT2D eigenvalue weighted by molar-refractivity contribution is 9.10. The Morgan fingerprint density at radius 3 is 2.69 bits per heavy atom. The molecular formula is C18H18BrFN4OS. The first-order chi connectivity index (χ1) is 12.4. The van der Waals surface area contributed by atoms with Gasteiger partial charge in [0.1, 0.15) is 5.82 Å². The second-order valence-electron chi connectivity index (χ2n) is 5.92. The number of halogens is 2. The molecule has 1 amide bonds. The van der Waals surface area contributed by atoms with Gasteiger partial charge in [-0.05, 0) is 52.2 Å². The summed E-state index contributed by atoms with van der Waals surface area (Å²) in [7, 11) is 1.82. The molecule has 1 aromatic carbocycles. The molecule has 0 fully saturated rings. The van der Waals surface area contributed by atoms with Crippen LogP contribution in [-0.2, 0) is 13.5 Å². The molecule has 5 nitrogen and oxygen atoms in total. The first kappa shape index (κ1) is 18.8. The van der Waals surface area contributed by atoms with Crippen molar-refractivity contribution in [3.8, 4) is 10.6 Å². The Hall–Kier alpha value is -2.03. The number of nitrogens with zero attached hydrogens (tertiary/aromatic N) is 2. The maximum atomic E-state index is 14.1. The average Bonchev–Trinajstić information content (AvgIpc) is 3.17. The molecule has 0 unspecified atom stereocenters. The largest absolute Gasteiger partial charge is 0.365 e. The van der Waals surface area contributed by atoms with Gasteiger partial charge in [0, 0.05) is 23.6 Å². The summed E-state index contributed by atoms with van der Waals surface area (Å²) in [4.78, 5) is 13.3. The van der Waals surface area contributed by atoms with Crippen LogP contribution in [-0.4, -0.2) is 22.2 Å². The van der Waals surface area contributed by atoms with Gasteiger partial charge in [-0.25, -0.2) is 4.39 Å². The number of thiophene rings is 1. The summed E-state index contributed by atoms with van der Waals surface area (Å²) in [6.07, 6.45) is 2.06. The van der Waals surface area contributed by atoms with Gasteiger partial charge >= 0.3 is 0 Å². The zero-order valence-corrected chi connectivity index (χ0v) is 16.5. The standard InChI is InChI=1S/C18H18BrFN4OS/c1-24-13(6-7-23-24)16-15(19)14(17(26-16)18(22)25)11(9-21)8-10-4-2-3-5-12(10)20/h2-7,11H,8-9,21H2,1H3,(H2,22,25)/t11-/m1/s1. The third-order valence-electron chi connectivity index (χ3n) is 4.28. The second kappa shape index (κ2) is 7.69. The highest BCUT2D eigenvalue weighted by atomic mass is 79.9. The van der Waals surface area contributed by atoms with E-state index in [-0.39, 0.29) is 18.3 Å². The number of hydrogen-bond acceptors (Lipinski definition) is 4. The average molecular weight is 437 g/mol. The van der Waals surface area contributed by atoms with Gasteiger partial charge in [0.25, 0.3) is 5.91 Å². The topological polar surface area (TPSA) is 86.9 Å². The van der Waals surface area contributed by atoms with E-state index >= 15 is 0 Å². The summed E-state index contributed by atoms with van der Waals surface area (Å²) in [5.41, 5.74) is 13.7. The van der Waals surface area contributed by atoms with Gasteiger partial charge in [0.15, 0.2) is 0 Å². The summed E-state index contributed by atoms with van der Waals surface area (Å²) in [5, 5.41) is 4.17. The number of benzene rings is 1. The molecule has 0 saturated heterocycles. The molecule has 1 atom stereocenters. The van der Waals surface area contributed by atoms with Gasteiger partial charge in [-0.3, -0.25) is 9.48 Å². The van der Waals surface area contributed by atoms with E-state index in [1.54, 1.807) is 29.1 Å². The Morgan fingerprint density at radius 1 is 1.38 bits per heavy atom. The summed E-state index contributed by atoms with van der Waals surface area (Å²) in [6, 6.07) is 8.43. The van der Waals surface area contributed by atoms with Gasteiger partial charge in [0.2, 0.25) is 0 Å². The number of rotatable bonds is 6. The van der Waals surface area contributed by atoms with Crippen LogP contribution in [0.4, 0.5) is 4.39 Å². The Balaban J connectivity index is 2.10. The maximum Gasteiger partial charge on any atom is 0.259 e. The number of carbonyl (C=O) groups excluding carboxylic acids is 1. The Kier molecular flexibility index (Phi) is 5.55. The molecule has 3 rings (SSSR count). The zero-order chi connectivity index (χ0) is 18.8. The fourth-order valence-electron chi connectivity index (χ4n) is 2.97. The first-order valence-electron chi connectivity index (χ1n) is 7.97. The number of nitrogens with two attached hydrogens (primary N) is 2. The maximum absolute atomic E-state index is 14.1. The normalized spacial score (nSPS) is 12.3. The highest BCUT2D eigenvalue weighted by Crippen LogP contribution is 2.44. The molecule has 4 N–H and O–H groups in total. The first-order valence-corrected chi connectivity index (χ1v) is 9.58. The number of primary amides is 1. The van der Waals surface area contributed by atoms with Gasteiger partial charge in [0.05, 0.1) is 15.4 Å². The molecule has 0 aliphatic rings. The lowest BCUT2D eigenvalue weighted by molar-refractivity contribution is 0.100. The van der Waals surface area contributed by atoms with Crippen LogP contribution < -0.4 is 11.5 Å². The van der Waals surface area contributed by atoms with Crippen molar-refractivity contribution >= 4 is 33.2 Å². The predicted molar refractivity (Wildman–Crippen MR) is 105 cm³/mol. The molecule has 136 valence electrons. The van der Waals surface area contributed by atoms with Gasteiger partial charge in [-0.15, -0.1) is 11.3 Å². The fourth-order valence-corrected chi connectivity index (χ4v) is 5.25. The van der Waals surface area contributed by atoms with E-state index in [1.807, 2.05) is 13.1 Å². The summed E-state index contributed by atoms with van der Waals surface area (Å²) in [6.45, 7) is 0.259. The number of hydrogen-bond donors (Lipinski definition) is 2. The van der Waals surface area contributed by atoms with Crippen molar-refractivity contribution in [1.29, 1.82) is 0 Å². The minimum absolute atomic E-state index is 0.248. The Labute approximate surface area is 162 Å². The van der Waals surface area contributed by atoms with Crippen molar-refractivity contribution in [1.82, 2.24) is 9.78 Å². The molecular weight excluding hydrogens is 419 g/mol. The zero-order valence-electron chi connectivity index (χ0n) is 14.1. The predicted octanol–water partition coefficient (Wildman–Crippen LogP) is 3.43. The van der Waals surface area contributed by atoms with Crippen LogP contribution in [0.2, 0.25) is 0 Å². The van der Waals surface area contributed by atoms with Crippen LogP contribution in [0.25, 0.3) is 10.6 Å². The third-order valence-corrected chi connectivity index (χ3v) is 6.61. The molecule has 2 aromatic heterocycles. The number of aromatic nitrogens is 2. The molecule has 0 aliphatic heterocycles. The molecule has 8 heteroatoms. The summed E-state index contributed by atoms with van der Waals surface area (Å²) in [5.74, 6) is -1.06. The van der Waals surface area contributed by atoms with Crippen molar-refractivity contribution in [2.75, 3.05) is 6.54 Å². The van der Waals surface area contributed by atoms with Crippen LogP contribution in [0.15, 0.2) is 41.0 Å². The van der Waals surface area contributed by atoms with Crippen LogP contribution in [0, 0.1) is 5.82 Å². The highest BCUT2D eigenvalue weighted by Gasteiger charge is 2.28. The monoisotopic (exact) mass is 436 g/mol. The van der Waals surface area contributed by atoms with E-state index < -0.39 is 5.91 Å². The SMILES string of the molecule is Cn1nccc1-c1sc(C(N)=O)c([C@@H](CN)Cc2ccccc2F)c1Br. The van der Waals surface area contributed by atoms with Crippen molar-refractivity contribution in [2.45, 2.75) is 12.3 Å². The fraction of sp³-hybridized carbons (Fsp3) is 0.222. The van der Waals surface area contributed by atoms with Crippen molar-refractivity contribution in [2.24, 2.45) is 18.5 Å². The van der Waals surface area contributed by atoms with E-state index in [4.69, 9.17) is 11.5 Å². The van der Waals surface area contributed by atoms with E-state index in [2.05, 4.69) is 21.0 Å². The summed E-state index contributed by atoms with van der Waals surface area (Å²) >= 11 is 4.90. The molecule has 0 radical (unpaired) electrons. The van der Waals surface area contributed by atoms with E-state index in [9.17, 15) is 9.18 Å². The lowest BCUT2D eigenvalue weighted by atomic mass is 9.91. The van der Waals surface area contributed by atoms with Gasteiger partial charge in [-0.1, -0.05) is 18.2 Å². The molecule has 0 spiro atoms. The second-order valence-corrected chi connectivity index (χ2v) is 7.73. The number of carbonyl (C=O) groups is 1. The van der Waals surface area contributed by atoms with E-state index in [0.717, 1.165) is 20.6 Å². The quantitative estimate of drug-likeness (QED) is 0.620. The van der Waals surface area contributed by atoms with E-state index in [1.165, 1.54) is 17.4 Å². The molecule has 0 aliphatic carbocycles. The lowest BCUT2D eigenvalue weighted by Gasteiger charge is -2.17. The van der Waals surface area contributed by atoms with Crippen molar-refractivity contribution in [3.05, 3.63) is 62.8 Å². The van der Waals surface area contributed by atoms with Gasteiger partial charge < -0.3 is 11.5 Å². The minimum atomic E-state index is -0.522. The van der Waals surface area contributed by atoms with Crippen LogP contribution in [0.3, 0.4) is 0 Å².